The Bertz CT molecular complexity index is 584. The van der Waals surface area contributed by atoms with Gasteiger partial charge in [0.05, 0.1) is 0 Å². The summed E-state index contributed by atoms with van der Waals surface area (Å²) in [6, 6.07) is 4.83. The van der Waals surface area contributed by atoms with Crippen molar-refractivity contribution < 1.29 is 9.18 Å². The van der Waals surface area contributed by atoms with Crippen molar-refractivity contribution in [2.75, 3.05) is 13.1 Å². The Morgan fingerprint density at radius 1 is 1.28 bits per heavy atom. The lowest BCUT2D eigenvalue weighted by molar-refractivity contribution is 0.0896. The van der Waals surface area contributed by atoms with Crippen molar-refractivity contribution in [2.45, 2.75) is 12.8 Å². The van der Waals surface area contributed by atoms with E-state index in [0.29, 0.717) is 16.5 Å². The Balaban J connectivity index is 2.01. The van der Waals surface area contributed by atoms with Gasteiger partial charge in [-0.25, -0.2) is 4.39 Å². The van der Waals surface area contributed by atoms with E-state index in [1.165, 1.54) is 6.07 Å². The molecule has 3 nitrogen and oxygen atoms in total. The smallest absolute Gasteiger partial charge is 0.168 e. The summed E-state index contributed by atoms with van der Waals surface area (Å²) in [5.41, 5.74) is 1.18. The molecular weight excluding hydrogens is 231 g/mol. The highest BCUT2D eigenvalue weighted by atomic mass is 19.1. The molecule has 1 aliphatic heterocycles. The van der Waals surface area contributed by atoms with Crippen molar-refractivity contribution >= 4 is 16.7 Å². The highest BCUT2D eigenvalue weighted by Gasteiger charge is 2.25. The summed E-state index contributed by atoms with van der Waals surface area (Å²) < 4.78 is 13.8. The first-order valence-corrected chi connectivity index (χ1v) is 6.28. The molecule has 1 aliphatic rings. The summed E-state index contributed by atoms with van der Waals surface area (Å²) >= 11 is 0. The van der Waals surface area contributed by atoms with Crippen LogP contribution < -0.4 is 5.32 Å². The van der Waals surface area contributed by atoms with E-state index in [-0.39, 0.29) is 17.5 Å². The molecule has 2 aromatic rings. The minimum absolute atomic E-state index is 0.0184. The number of H-pyrrole nitrogens is 1. The third-order valence-corrected chi connectivity index (χ3v) is 3.63. The van der Waals surface area contributed by atoms with Crippen LogP contribution in [0, 0.1) is 11.7 Å². The van der Waals surface area contributed by atoms with E-state index in [2.05, 4.69) is 10.3 Å². The van der Waals surface area contributed by atoms with Crippen molar-refractivity contribution in [3.05, 3.63) is 35.8 Å². The van der Waals surface area contributed by atoms with E-state index in [0.717, 1.165) is 25.9 Å². The van der Waals surface area contributed by atoms with E-state index < -0.39 is 0 Å². The average Bonchev–Trinajstić information content (AvgIpc) is 2.84. The number of carbonyl (C=O) groups excluding carboxylic acids is 1. The number of Topliss-reactive ketones (excluding diaryl/α,β-unsaturated/α-hetero) is 1. The molecule has 1 fully saturated rings. The molecule has 0 saturated carbocycles. The van der Waals surface area contributed by atoms with Crippen LogP contribution in [0.2, 0.25) is 0 Å². The quantitative estimate of drug-likeness (QED) is 0.800. The maximum atomic E-state index is 13.8. The molecule has 0 radical (unpaired) electrons. The number of hydrogen-bond donors (Lipinski definition) is 2. The number of aromatic amines is 1. The fourth-order valence-corrected chi connectivity index (χ4v) is 2.64. The molecule has 2 heterocycles. The lowest BCUT2D eigenvalue weighted by Gasteiger charge is -2.21. The molecule has 0 amide bonds. The number of fused-ring (bicyclic) bond motifs is 1. The number of hydrogen-bond acceptors (Lipinski definition) is 2. The van der Waals surface area contributed by atoms with Gasteiger partial charge < -0.3 is 10.3 Å². The topological polar surface area (TPSA) is 44.9 Å². The molecule has 1 aromatic heterocycles. The molecule has 0 aliphatic carbocycles. The molecule has 0 spiro atoms. The van der Waals surface area contributed by atoms with Crippen LogP contribution in [0.15, 0.2) is 24.4 Å². The molecule has 0 bridgehead atoms. The average molecular weight is 246 g/mol. The highest BCUT2D eigenvalue weighted by Crippen LogP contribution is 2.26. The summed E-state index contributed by atoms with van der Waals surface area (Å²) in [6.07, 6.45) is 3.30. The highest BCUT2D eigenvalue weighted by molar-refractivity contribution is 6.09. The number of carbonyl (C=O) groups is 1. The number of nitrogens with one attached hydrogen (secondary N) is 2. The van der Waals surface area contributed by atoms with Gasteiger partial charge in [-0.1, -0.05) is 6.07 Å². The van der Waals surface area contributed by atoms with Crippen molar-refractivity contribution in [1.82, 2.24) is 10.3 Å². The standard InChI is InChI=1S/C14H15FN2O/c15-11-2-1-3-12-13(11)10(8-17-12)14(18)9-4-6-16-7-5-9/h1-3,8-9,16-17H,4-7H2. The Kier molecular flexibility index (Phi) is 2.88. The van der Waals surface area contributed by atoms with Gasteiger partial charge in [0.1, 0.15) is 5.82 Å². The molecule has 2 N–H and O–H groups in total. The minimum Gasteiger partial charge on any atom is -0.360 e. The SMILES string of the molecule is O=C(c1c[nH]c2cccc(F)c12)C1CCNCC1. The normalized spacial score (nSPS) is 17.2. The van der Waals surface area contributed by atoms with Crippen LogP contribution in [-0.2, 0) is 0 Å². The third-order valence-electron chi connectivity index (χ3n) is 3.63. The van der Waals surface area contributed by atoms with Gasteiger partial charge in [-0.05, 0) is 38.1 Å². The van der Waals surface area contributed by atoms with Crippen LogP contribution in [0.3, 0.4) is 0 Å². The monoisotopic (exact) mass is 246 g/mol. The van der Waals surface area contributed by atoms with Gasteiger partial charge in [0.15, 0.2) is 5.78 Å². The summed E-state index contributed by atoms with van der Waals surface area (Å²) in [5, 5.41) is 3.66. The van der Waals surface area contributed by atoms with Crippen LogP contribution in [-0.4, -0.2) is 23.9 Å². The van der Waals surface area contributed by atoms with E-state index in [1.807, 2.05) is 0 Å². The molecule has 4 heteroatoms. The Labute approximate surface area is 104 Å². The van der Waals surface area contributed by atoms with Crippen LogP contribution in [0.1, 0.15) is 23.2 Å². The number of halogens is 1. The largest absolute Gasteiger partial charge is 0.360 e. The molecule has 3 rings (SSSR count). The van der Waals surface area contributed by atoms with Crippen LogP contribution in [0.5, 0.6) is 0 Å². The van der Waals surface area contributed by atoms with Gasteiger partial charge in [0, 0.05) is 28.6 Å². The van der Waals surface area contributed by atoms with E-state index >= 15 is 0 Å². The Hall–Kier alpha value is -1.68. The van der Waals surface area contributed by atoms with Crippen molar-refractivity contribution in [3.8, 4) is 0 Å². The molecule has 0 unspecified atom stereocenters. The second-order valence-corrected chi connectivity index (χ2v) is 4.75. The predicted molar refractivity (Wildman–Crippen MR) is 68.2 cm³/mol. The molecule has 0 atom stereocenters. The molecular formula is C14H15FN2O. The van der Waals surface area contributed by atoms with Crippen molar-refractivity contribution in [2.24, 2.45) is 5.92 Å². The van der Waals surface area contributed by atoms with Gasteiger partial charge in [0.25, 0.3) is 0 Å². The van der Waals surface area contributed by atoms with E-state index in [4.69, 9.17) is 0 Å². The van der Waals surface area contributed by atoms with Crippen molar-refractivity contribution in [1.29, 1.82) is 0 Å². The number of rotatable bonds is 2. The minimum atomic E-state index is -0.328. The third kappa shape index (κ3) is 1.82. The molecule has 1 saturated heterocycles. The Morgan fingerprint density at radius 3 is 2.83 bits per heavy atom. The van der Waals surface area contributed by atoms with Gasteiger partial charge in [-0.15, -0.1) is 0 Å². The molecule has 1 aromatic carbocycles. The number of benzene rings is 1. The summed E-state index contributed by atoms with van der Waals surface area (Å²) in [6.45, 7) is 1.72. The fraction of sp³-hybridized carbons (Fsp3) is 0.357. The van der Waals surface area contributed by atoms with Gasteiger partial charge in [-0.2, -0.15) is 0 Å². The maximum absolute atomic E-state index is 13.8. The Morgan fingerprint density at radius 2 is 2.06 bits per heavy atom. The van der Waals surface area contributed by atoms with Gasteiger partial charge >= 0.3 is 0 Å². The number of aromatic nitrogens is 1. The van der Waals surface area contributed by atoms with Crippen LogP contribution >= 0.6 is 0 Å². The molecule has 94 valence electrons. The first kappa shape index (κ1) is 11.4. The molecule has 18 heavy (non-hydrogen) atoms. The first-order chi connectivity index (χ1) is 8.77. The summed E-state index contributed by atoms with van der Waals surface area (Å²) in [5.74, 6) is -0.247. The zero-order valence-electron chi connectivity index (χ0n) is 10.0. The summed E-state index contributed by atoms with van der Waals surface area (Å²) in [4.78, 5) is 15.4. The van der Waals surface area contributed by atoms with E-state index in [9.17, 15) is 9.18 Å². The van der Waals surface area contributed by atoms with Crippen LogP contribution in [0.25, 0.3) is 10.9 Å². The summed E-state index contributed by atoms with van der Waals surface area (Å²) in [7, 11) is 0. The van der Waals surface area contributed by atoms with Crippen LogP contribution in [0.4, 0.5) is 4.39 Å². The zero-order chi connectivity index (χ0) is 12.5. The second kappa shape index (κ2) is 4.53. The predicted octanol–water partition coefficient (Wildman–Crippen LogP) is 2.49. The van der Waals surface area contributed by atoms with Gasteiger partial charge in [-0.3, -0.25) is 4.79 Å². The van der Waals surface area contributed by atoms with Crippen molar-refractivity contribution in [3.63, 3.8) is 0 Å². The first-order valence-electron chi connectivity index (χ1n) is 6.28. The second-order valence-electron chi connectivity index (χ2n) is 4.75. The number of piperidine rings is 1. The van der Waals surface area contributed by atoms with Gasteiger partial charge in [0.2, 0.25) is 0 Å². The van der Waals surface area contributed by atoms with E-state index in [1.54, 1.807) is 18.3 Å². The lowest BCUT2D eigenvalue weighted by Crippen LogP contribution is -2.31. The lowest BCUT2D eigenvalue weighted by atomic mass is 9.89. The number of ketones is 1. The zero-order valence-corrected chi connectivity index (χ0v) is 10.0. The fourth-order valence-electron chi connectivity index (χ4n) is 2.64. The maximum Gasteiger partial charge on any atom is 0.168 e.